The molecular formula is C24H42O3. The maximum absolute atomic E-state index is 11.6. The summed E-state index contributed by atoms with van der Waals surface area (Å²) < 4.78 is 10.8. The standard InChI is InChI=1S/C24H42O3/c1-3-4-5-6-7-8-9-10-11-12-13-14-15-16-22-24(27-22)19-17-21(18-20-24)23(25)26-2/h15-16,21-22H,3-14,17-20H2,1-2H3/b16-15+/t21-,22?,24-. The highest BCUT2D eigenvalue weighted by Crippen LogP contribution is 2.50. The van der Waals surface area contributed by atoms with Gasteiger partial charge >= 0.3 is 5.97 Å². The molecule has 0 aromatic heterocycles. The first kappa shape index (κ1) is 22.5. The van der Waals surface area contributed by atoms with Gasteiger partial charge in [0.15, 0.2) is 0 Å². The van der Waals surface area contributed by atoms with Gasteiger partial charge in [0.2, 0.25) is 0 Å². The molecule has 0 N–H and O–H groups in total. The van der Waals surface area contributed by atoms with Crippen LogP contribution in [0.3, 0.4) is 0 Å². The van der Waals surface area contributed by atoms with Gasteiger partial charge in [-0.3, -0.25) is 4.79 Å². The fourth-order valence-corrected chi connectivity index (χ4v) is 4.49. The Labute approximate surface area is 167 Å². The second-order valence-corrected chi connectivity index (χ2v) is 8.65. The van der Waals surface area contributed by atoms with Crippen LogP contribution in [-0.2, 0) is 14.3 Å². The highest BCUT2D eigenvalue weighted by molar-refractivity contribution is 5.72. The largest absolute Gasteiger partial charge is 0.469 e. The smallest absolute Gasteiger partial charge is 0.308 e. The van der Waals surface area contributed by atoms with E-state index in [1.54, 1.807) is 0 Å². The van der Waals surface area contributed by atoms with E-state index in [2.05, 4.69) is 19.1 Å². The Morgan fingerprint density at radius 1 is 0.963 bits per heavy atom. The third kappa shape index (κ3) is 7.97. The number of hydrogen-bond donors (Lipinski definition) is 0. The lowest BCUT2D eigenvalue weighted by Gasteiger charge is -2.24. The molecule has 1 aliphatic carbocycles. The first-order valence-electron chi connectivity index (χ1n) is 11.6. The summed E-state index contributed by atoms with van der Waals surface area (Å²) in [6, 6.07) is 0. The molecule has 156 valence electrons. The first-order chi connectivity index (χ1) is 13.2. The van der Waals surface area contributed by atoms with Gasteiger partial charge in [0, 0.05) is 0 Å². The maximum Gasteiger partial charge on any atom is 0.308 e. The Bertz CT molecular complexity index is 435. The molecule has 1 spiro atoms. The number of esters is 1. The summed E-state index contributed by atoms with van der Waals surface area (Å²) in [7, 11) is 1.49. The number of hydrogen-bond acceptors (Lipinski definition) is 3. The van der Waals surface area contributed by atoms with Crippen molar-refractivity contribution < 1.29 is 14.3 Å². The molecule has 1 aliphatic heterocycles. The van der Waals surface area contributed by atoms with Crippen molar-refractivity contribution in [1.82, 2.24) is 0 Å². The van der Waals surface area contributed by atoms with Crippen LogP contribution in [0, 0.1) is 5.92 Å². The van der Waals surface area contributed by atoms with E-state index in [9.17, 15) is 4.79 Å². The van der Waals surface area contributed by atoms with E-state index < -0.39 is 0 Å². The Kier molecular flexibility index (Phi) is 10.5. The molecule has 0 amide bonds. The third-order valence-corrected chi connectivity index (χ3v) is 6.47. The summed E-state index contributed by atoms with van der Waals surface area (Å²) in [5.41, 5.74) is 0.0537. The van der Waals surface area contributed by atoms with Crippen LogP contribution >= 0.6 is 0 Å². The fraction of sp³-hybridized carbons (Fsp3) is 0.875. The lowest BCUT2D eigenvalue weighted by Crippen LogP contribution is -2.28. The van der Waals surface area contributed by atoms with Crippen LogP contribution in [0.1, 0.15) is 110 Å². The number of carbonyl (C=O) groups excluding carboxylic acids is 1. The third-order valence-electron chi connectivity index (χ3n) is 6.47. The van der Waals surface area contributed by atoms with Crippen molar-refractivity contribution in [2.75, 3.05) is 7.11 Å². The van der Waals surface area contributed by atoms with E-state index in [1.807, 2.05) is 0 Å². The average Bonchev–Trinajstić information content (AvgIpc) is 3.36. The minimum atomic E-state index is -0.0471. The van der Waals surface area contributed by atoms with Gasteiger partial charge in [0.05, 0.1) is 18.6 Å². The number of carbonyl (C=O) groups is 1. The highest BCUT2D eigenvalue weighted by Gasteiger charge is 2.56. The van der Waals surface area contributed by atoms with E-state index in [1.165, 1.54) is 84.2 Å². The van der Waals surface area contributed by atoms with Gasteiger partial charge < -0.3 is 9.47 Å². The van der Waals surface area contributed by atoms with E-state index in [-0.39, 0.29) is 17.5 Å². The molecule has 3 nitrogen and oxygen atoms in total. The van der Waals surface area contributed by atoms with Crippen molar-refractivity contribution in [2.45, 2.75) is 121 Å². The Balaban J connectivity index is 1.41. The molecular weight excluding hydrogens is 336 g/mol. The van der Waals surface area contributed by atoms with Crippen LogP contribution < -0.4 is 0 Å². The van der Waals surface area contributed by atoms with E-state index >= 15 is 0 Å². The molecule has 1 heterocycles. The summed E-state index contributed by atoms with van der Waals surface area (Å²) >= 11 is 0. The molecule has 2 aliphatic rings. The van der Waals surface area contributed by atoms with Crippen molar-refractivity contribution in [2.24, 2.45) is 5.92 Å². The molecule has 2 fully saturated rings. The van der Waals surface area contributed by atoms with Gasteiger partial charge in [-0.25, -0.2) is 0 Å². The lowest BCUT2D eigenvalue weighted by molar-refractivity contribution is -0.146. The van der Waals surface area contributed by atoms with Crippen LogP contribution in [0.25, 0.3) is 0 Å². The van der Waals surface area contributed by atoms with Gasteiger partial charge in [-0.15, -0.1) is 0 Å². The highest BCUT2D eigenvalue weighted by atomic mass is 16.6. The summed E-state index contributed by atoms with van der Waals surface area (Å²) in [4.78, 5) is 11.6. The monoisotopic (exact) mass is 378 g/mol. The van der Waals surface area contributed by atoms with Gasteiger partial charge in [-0.2, -0.15) is 0 Å². The molecule has 27 heavy (non-hydrogen) atoms. The van der Waals surface area contributed by atoms with Crippen molar-refractivity contribution in [3.63, 3.8) is 0 Å². The lowest BCUT2D eigenvalue weighted by atomic mass is 9.80. The predicted molar refractivity (Wildman–Crippen MR) is 112 cm³/mol. The van der Waals surface area contributed by atoms with Gasteiger partial charge in [-0.05, 0) is 38.5 Å². The van der Waals surface area contributed by atoms with Gasteiger partial charge in [0.25, 0.3) is 0 Å². The Morgan fingerprint density at radius 3 is 2.07 bits per heavy atom. The molecule has 0 bridgehead atoms. The Hall–Kier alpha value is -0.830. The molecule has 0 aromatic carbocycles. The number of rotatable bonds is 14. The van der Waals surface area contributed by atoms with Gasteiger partial charge in [0.1, 0.15) is 6.10 Å². The first-order valence-corrected chi connectivity index (χ1v) is 11.6. The topological polar surface area (TPSA) is 38.8 Å². The molecule has 1 saturated heterocycles. The van der Waals surface area contributed by atoms with E-state index in [0.29, 0.717) is 6.10 Å². The zero-order valence-corrected chi connectivity index (χ0v) is 17.8. The summed E-state index contributed by atoms with van der Waals surface area (Å²) in [5, 5.41) is 0. The second kappa shape index (κ2) is 12.6. The minimum Gasteiger partial charge on any atom is -0.469 e. The quantitative estimate of drug-likeness (QED) is 0.145. The molecule has 1 unspecified atom stereocenters. The van der Waals surface area contributed by atoms with Crippen molar-refractivity contribution >= 4 is 5.97 Å². The predicted octanol–water partition coefficient (Wildman–Crippen LogP) is 6.74. The van der Waals surface area contributed by atoms with Crippen LogP contribution in [0.2, 0.25) is 0 Å². The SMILES string of the molecule is CCCCCCCCCCCCC/C=C/C1O[C@]12CC[C@H](C(=O)OC)CC2. The fourth-order valence-electron chi connectivity index (χ4n) is 4.49. The number of methoxy groups -OCH3 is 1. The van der Waals surface area contributed by atoms with Crippen LogP contribution in [0.5, 0.6) is 0 Å². The zero-order valence-electron chi connectivity index (χ0n) is 17.8. The number of unbranched alkanes of at least 4 members (excludes halogenated alkanes) is 11. The van der Waals surface area contributed by atoms with Crippen molar-refractivity contribution in [1.29, 1.82) is 0 Å². The van der Waals surface area contributed by atoms with E-state index in [0.717, 1.165) is 25.7 Å². The zero-order chi connectivity index (χ0) is 19.4. The van der Waals surface area contributed by atoms with Crippen molar-refractivity contribution in [3.8, 4) is 0 Å². The van der Waals surface area contributed by atoms with Gasteiger partial charge in [-0.1, -0.05) is 83.3 Å². The molecule has 3 heteroatoms. The molecule has 2 rings (SSSR count). The van der Waals surface area contributed by atoms with Crippen LogP contribution in [0.15, 0.2) is 12.2 Å². The Morgan fingerprint density at radius 2 is 1.52 bits per heavy atom. The minimum absolute atomic E-state index is 0.0471. The normalized spacial score (nSPS) is 27.3. The molecule has 1 atom stereocenters. The number of allylic oxidation sites excluding steroid dienone is 1. The van der Waals surface area contributed by atoms with Crippen LogP contribution in [-0.4, -0.2) is 24.8 Å². The molecule has 0 radical (unpaired) electrons. The number of ether oxygens (including phenoxy) is 2. The molecule has 0 aromatic rings. The van der Waals surface area contributed by atoms with Crippen LogP contribution in [0.4, 0.5) is 0 Å². The maximum atomic E-state index is 11.6. The van der Waals surface area contributed by atoms with Crippen molar-refractivity contribution in [3.05, 3.63) is 12.2 Å². The second-order valence-electron chi connectivity index (χ2n) is 8.65. The number of epoxide rings is 1. The summed E-state index contributed by atoms with van der Waals surface area (Å²) in [6.07, 6.45) is 25.3. The molecule has 1 saturated carbocycles. The average molecular weight is 379 g/mol. The summed E-state index contributed by atoms with van der Waals surface area (Å²) in [5.74, 6) is 0.0416. The summed E-state index contributed by atoms with van der Waals surface area (Å²) in [6.45, 7) is 2.28. The van der Waals surface area contributed by atoms with E-state index in [4.69, 9.17) is 9.47 Å².